The van der Waals surface area contributed by atoms with Gasteiger partial charge in [0, 0.05) is 44.5 Å². The fourth-order valence-corrected chi connectivity index (χ4v) is 3.64. The lowest BCUT2D eigenvalue weighted by Gasteiger charge is -2.35. The SMILES string of the molecule is COc1cc(NC(=O)N2CCN(c3ccc(Nc4cccnc4)nn3)CC2)cc(OC)c1OC. The third-order valence-electron chi connectivity index (χ3n) is 5.39. The Kier molecular flexibility index (Phi) is 7.11. The molecule has 4 rings (SSSR count). The smallest absolute Gasteiger partial charge is 0.321 e. The number of benzene rings is 1. The molecule has 178 valence electrons. The molecule has 0 aliphatic carbocycles. The van der Waals surface area contributed by atoms with Crippen molar-refractivity contribution >= 4 is 29.0 Å². The van der Waals surface area contributed by atoms with E-state index in [1.54, 1.807) is 29.4 Å². The largest absolute Gasteiger partial charge is 0.493 e. The van der Waals surface area contributed by atoms with Crippen molar-refractivity contribution in [2.75, 3.05) is 63.0 Å². The molecule has 0 spiro atoms. The summed E-state index contributed by atoms with van der Waals surface area (Å²) in [6.45, 7) is 2.39. The van der Waals surface area contributed by atoms with Crippen LogP contribution in [0.3, 0.4) is 0 Å². The van der Waals surface area contributed by atoms with E-state index in [-0.39, 0.29) is 6.03 Å². The van der Waals surface area contributed by atoms with Gasteiger partial charge >= 0.3 is 6.03 Å². The molecule has 3 aromatic rings. The van der Waals surface area contributed by atoms with Crippen LogP contribution >= 0.6 is 0 Å². The average Bonchev–Trinajstić information content (AvgIpc) is 2.89. The fraction of sp³-hybridized carbons (Fsp3) is 0.304. The molecule has 0 bridgehead atoms. The van der Waals surface area contributed by atoms with Gasteiger partial charge < -0.3 is 34.6 Å². The zero-order valence-corrected chi connectivity index (χ0v) is 19.3. The van der Waals surface area contributed by atoms with Gasteiger partial charge in [0.05, 0.1) is 38.9 Å². The Bertz CT molecular complexity index is 1080. The highest BCUT2D eigenvalue weighted by atomic mass is 16.5. The number of pyridine rings is 1. The van der Waals surface area contributed by atoms with E-state index < -0.39 is 0 Å². The fourth-order valence-electron chi connectivity index (χ4n) is 3.64. The summed E-state index contributed by atoms with van der Waals surface area (Å²) in [6.07, 6.45) is 3.43. The topological polar surface area (TPSA) is 114 Å². The summed E-state index contributed by atoms with van der Waals surface area (Å²) in [6, 6.07) is 10.7. The van der Waals surface area contributed by atoms with Crippen LogP contribution in [0.5, 0.6) is 17.2 Å². The van der Waals surface area contributed by atoms with Crippen molar-refractivity contribution in [3.63, 3.8) is 0 Å². The number of amides is 2. The number of urea groups is 1. The second-order valence-corrected chi connectivity index (χ2v) is 7.46. The van der Waals surface area contributed by atoms with E-state index in [1.807, 2.05) is 24.3 Å². The summed E-state index contributed by atoms with van der Waals surface area (Å²) in [7, 11) is 4.60. The number of nitrogens with zero attached hydrogens (tertiary/aromatic N) is 5. The van der Waals surface area contributed by atoms with Gasteiger partial charge in [-0.2, -0.15) is 0 Å². The Morgan fingerprint density at radius 3 is 2.21 bits per heavy atom. The quantitative estimate of drug-likeness (QED) is 0.543. The molecule has 0 radical (unpaired) electrons. The van der Waals surface area contributed by atoms with E-state index in [2.05, 4.69) is 30.7 Å². The molecule has 34 heavy (non-hydrogen) atoms. The van der Waals surface area contributed by atoms with Crippen LogP contribution in [0.1, 0.15) is 0 Å². The first-order chi connectivity index (χ1) is 16.6. The molecule has 1 aliphatic heterocycles. The average molecular weight is 466 g/mol. The Balaban J connectivity index is 1.33. The zero-order chi connectivity index (χ0) is 23.9. The molecule has 3 heterocycles. The van der Waals surface area contributed by atoms with Gasteiger partial charge in [-0.15, -0.1) is 10.2 Å². The van der Waals surface area contributed by atoms with Crippen LogP contribution in [0.4, 0.5) is 27.8 Å². The Hall–Kier alpha value is -4.28. The predicted molar refractivity (Wildman–Crippen MR) is 128 cm³/mol. The van der Waals surface area contributed by atoms with E-state index >= 15 is 0 Å². The van der Waals surface area contributed by atoms with Gasteiger partial charge in [0.2, 0.25) is 5.75 Å². The van der Waals surface area contributed by atoms with Gasteiger partial charge in [-0.3, -0.25) is 4.98 Å². The Morgan fingerprint density at radius 1 is 0.912 bits per heavy atom. The molecular weight excluding hydrogens is 438 g/mol. The van der Waals surface area contributed by atoms with Crippen molar-refractivity contribution in [3.8, 4) is 17.2 Å². The highest BCUT2D eigenvalue weighted by molar-refractivity contribution is 5.90. The van der Waals surface area contributed by atoms with Gasteiger partial charge in [-0.25, -0.2) is 4.79 Å². The molecule has 0 atom stereocenters. The lowest BCUT2D eigenvalue weighted by atomic mass is 10.2. The molecule has 2 amide bonds. The van der Waals surface area contributed by atoms with E-state index in [0.717, 1.165) is 11.5 Å². The van der Waals surface area contributed by atoms with Crippen LogP contribution in [-0.2, 0) is 0 Å². The van der Waals surface area contributed by atoms with E-state index in [0.29, 0.717) is 54.9 Å². The maximum atomic E-state index is 12.8. The van der Waals surface area contributed by atoms with Gasteiger partial charge in [0.25, 0.3) is 0 Å². The molecule has 0 unspecified atom stereocenters. The van der Waals surface area contributed by atoms with Crippen LogP contribution in [0.2, 0.25) is 0 Å². The summed E-state index contributed by atoms with van der Waals surface area (Å²) in [5.41, 5.74) is 1.40. The van der Waals surface area contributed by atoms with Crippen molar-refractivity contribution in [2.24, 2.45) is 0 Å². The second kappa shape index (κ2) is 10.6. The van der Waals surface area contributed by atoms with E-state index in [9.17, 15) is 4.79 Å². The minimum absolute atomic E-state index is 0.198. The van der Waals surface area contributed by atoms with Crippen LogP contribution in [0, 0.1) is 0 Å². The predicted octanol–water partition coefficient (Wildman–Crippen LogP) is 3.00. The monoisotopic (exact) mass is 465 g/mol. The lowest BCUT2D eigenvalue weighted by molar-refractivity contribution is 0.208. The summed E-state index contributed by atoms with van der Waals surface area (Å²) >= 11 is 0. The number of methoxy groups -OCH3 is 3. The molecule has 1 saturated heterocycles. The molecular formula is C23H27N7O4. The first-order valence-corrected chi connectivity index (χ1v) is 10.7. The van der Waals surface area contributed by atoms with Crippen LogP contribution in [0.15, 0.2) is 48.8 Å². The first-order valence-electron chi connectivity index (χ1n) is 10.7. The highest BCUT2D eigenvalue weighted by Gasteiger charge is 2.23. The molecule has 2 aromatic heterocycles. The number of aromatic nitrogens is 3. The third-order valence-corrected chi connectivity index (χ3v) is 5.39. The van der Waals surface area contributed by atoms with Crippen LogP contribution in [-0.4, -0.2) is 73.6 Å². The number of piperazine rings is 1. The Labute approximate surface area is 197 Å². The number of hydrogen-bond acceptors (Lipinski definition) is 9. The number of nitrogens with one attached hydrogen (secondary N) is 2. The number of carbonyl (C=O) groups excluding carboxylic acids is 1. The van der Waals surface area contributed by atoms with Crippen LogP contribution < -0.4 is 29.7 Å². The normalized spacial score (nSPS) is 13.3. The number of carbonyl (C=O) groups is 1. The van der Waals surface area contributed by atoms with Crippen molar-refractivity contribution < 1.29 is 19.0 Å². The van der Waals surface area contributed by atoms with Crippen molar-refractivity contribution in [1.82, 2.24) is 20.1 Å². The van der Waals surface area contributed by atoms with Crippen molar-refractivity contribution in [3.05, 3.63) is 48.8 Å². The van der Waals surface area contributed by atoms with E-state index in [1.165, 1.54) is 21.3 Å². The van der Waals surface area contributed by atoms with Crippen LogP contribution in [0.25, 0.3) is 0 Å². The summed E-state index contributed by atoms with van der Waals surface area (Å²) in [5.74, 6) is 2.82. The summed E-state index contributed by atoms with van der Waals surface area (Å²) in [4.78, 5) is 20.8. The zero-order valence-electron chi connectivity index (χ0n) is 19.3. The van der Waals surface area contributed by atoms with E-state index in [4.69, 9.17) is 14.2 Å². The minimum atomic E-state index is -0.198. The minimum Gasteiger partial charge on any atom is -0.493 e. The first kappa shape index (κ1) is 22.9. The molecule has 1 aromatic carbocycles. The standard InChI is InChI=1S/C23H27N7O4/c1-32-18-13-17(14-19(33-2)22(18)34-3)26-23(31)30-11-9-29(10-12-30)21-7-6-20(27-28-21)25-16-5-4-8-24-15-16/h4-8,13-15H,9-12H2,1-3H3,(H,25,27)(H,26,31). The maximum absolute atomic E-state index is 12.8. The van der Waals surface area contributed by atoms with Gasteiger partial charge in [-0.05, 0) is 24.3 Å². The number of anilines is 4. The van der Waals surface area contributed by atoms with Crippen molar-refractivity contribution in [2.45, 2.75) is 0 Å². The number of ether oxygens (including phenoxy) is 3. The molecule has 0 saturated carbocycles. The molecule has 11 heteroatoms. The molecule has 11 nitrogen and oxygen atoms in total. The molecule has 1 aliphatic rings. The van der Waals surface area contributed by atoms with Gasteiger partial charge in [0.15, 0.2) is 23.1 Å². The van der Waals surface area contributed by atoms with Crippen molar-refractivity contribution in [1.29, 1.82) is 0 Å². The number of rotatable bonds is 7. The number of hydrogen-bond donors (Lipinski definition) is 2. The second-order valence-electron chi connectivity index (χ2n) is 7.46. The maximum Gasteiger partial charge on any atom is 0.321 e. The van der Waals surface area contributed by atoms with Gasteiger partial charge in [0.1, 0.15) is 0 Å². The molecule has 2 N–H and O–H groups in total. The van der Waals surface area contributed by atoms with Gasteiger partial charge in [-0.1, -0.05) is 0 Å². The third kappa shape index (κ3) is 5.20. The highest BCUT2D eigenvalue weighted by Crippen LogP contribution is 2.40. The lowest BCUT2D eigenvalue weighted by Crippen LogP contribution is -2.50. The summed E-state index contributed by atoms with van der Waals surface area (Å²) in [5, 5.41) is 14.6. The molecule has 1 fully saturated rings. The summed E-state index contributed by atoms with van der Waals surface area (Å²) < 4.78 is 16.0. The Morgan fingerprint density at radius 2 is 1.65 bits per heavy atom.